The van der Waals surface area contributed by atoms with Gasteiger partial charge in [0.15, 0.2) is 0 Å². The van der Waals surface area contributed by atoms with E-state index in [1.165, 1.54) is 0 Å². The van der Waals surface area contributed by atoms with Gasteiger partial charge >= 0.3 is 0 Å². The van der Waals surface area contributed by atoms with E-state index >= 15 is 0 Å². The molecule has 0 atom stereocenters. The number of nitrogens with one attached hydrogen (secondary N) is 3. The van der Waals surface area contributed by atoms with E-state index in [0.717, 1.165) is 43.1 Å². The maximum atomic E-state index is 12.3. The highest BCUT2D eigenvalue weighted by molar-refractivity contribution is 5.99. The van der Waals surface area contributed by atoms with Gasteiger partial charge in [-0.1, -0.05) is 30.3 Å². The molecule has 0 bridgehead atoms. The van der Waals surface area contributed by atoms with E-state index in [1.807, 2.05) is 53.4 Å². The number of hydrogen-bond donors (Lipinski definition) is 3. The molecule has 176 valence electrons. The van der Waals surface area contributed by atoms with Gasteiger partial charge in [0, 0.05) is 70.3 Å². The summed E-state index contributed by atoms with van der Waals surface area (Å²) in [5.74, 6) is 0.585. The minimum atomic E-state index is -0.191. The first-order valence-electron chi connectivity index (χ1n) is 11.4. The van der Waals surface area contributed by atoms with Crippen LogP contribution in [0.5, 0.6) is 0 Å². The number of aromatic nitrogens is 1. The zero-order valence-corrected chi connectivity index (χ0v) is 19.5. The molecule has 8 heteroatoms. The molecule has 1 saturated heterocycles. The van der Waals surface area contributed by atoms with Crippen LogP contribution in [-0.2, 0) is 11.3 Å². The minimum absolute atomic E-state index is 0.131. The summed E-state index contributed by atoms with van der Waals surface area (Å²) in [5.41, 5.74) is 4.35. The summed E-state index contributed by atoms with van der Waals surface area (Å²) in [6.45, 7) is 5.36. The highest BCUT2D eigenvalue weighted by atomic mass is 16.2. The second-order valence-electron chi connectivity index (χ2n) is 8.20. The molecule has 2 heterocycles. The first kappa shape index (κ1) is 23.1. The number of amides is 2. The van der Waals surface area contributed by atoms with Gasteiger partial charge in [0.2, 0.25) is 5.91 Å². The Morgan fingerprint density at radius 1 is 0.971 bits per heavy atom. The molecule has 1 aliphatic heterocycles. The number of benzene rings is 2. The highest BCUT2D eigenvalue weighted by Gasteiger charge is 2.18. The third-order valence-corrected chi connectivity index (χ3v) is 5.93. The molecule has 0 aliphatic carbocycles. The number of carbonyl (C=O) groups is 2. The third-order valence-electron chi connectivity index (χ3n) is 5.93. The monoisotopic (exact) mass is 458 g/mol. The van der Waals surface area contributed by atoms with Gasteiger partial charge in [-0.3, -0.25) is 9.59 Å². The number of rotatable bonds is 7. The zero-order valence-electron chi connectivity index (χ0n) is 19.5. The fourth-order valence-corrected chi connectivity index (χ4v) is 3.96. The smallest absolute Gasteiger partial charge is 0.254 e. The quantitative estimate of drug-likeness (QED) is 0.502. The van der Waals surface area contributed by atoms with E-state index in [1.54, 1.807) is 20.2 Å². The van der Waals surface area contributed by atoms with Gasteiger partial charge < -0.3 is 25.8 Å². The lowest BCUT2D eigenvalue weighted by Crippen LogP contribution is -2.48. The number of nitrogens with zero attached hydrogens (tertiary/aromatic N) is 3. The number of hydrogen-bond acceptors (Lipinski definition) is 6. The minimum Gasteiger partial charge on any atom is -0.380 e. The Hall–Kier alpha value is -4.07. The van der Waals surface area contributed by atoms with E-state index in [4.69, 9.17) is 0 Å². The van der Waals surface area contributed by atoms with Crippen molar-refractivity contribution in [2.24, 2.45) is 0 Å². The number of anilines is 4. The average molecular weight is 459 g/mol. The summed E-state index contributed by atoms with van der Waals surface area (Å²) in [6.07, 6.45) is 1.58. The van der Waals surface area contributed by atoms with Gasteiger partial charge in [-0.25, -0.2) is 4.98 Å². The summed E-state index contributed by atoms with van der Waals surface area (Å²) >= 11 is 0. The summed E-state index contributed by atoms with van der Waals surface area (Å²) in [5, 5.41) is 9.35. The van der Waals surface area contributed by atoms with Crippen molar-refractivity contribution in [2.45, 2.75) is 13.5 Å². The van der Waals surface area contributed by atoms with Crippen LogP contribution >= 0.6 is 0 Å². The molecule has 0 radical (unpaired) electrons. The molecule has 8 nitrogen and oxygen atoms in total. The van der Waals surface area contributed by atoms with Crippen molar-refractivity contribution in [3.8, 4) is 0 Å². The van der Waals surface area contributed by atoms with Crippen LogP contribution < -0.4 is 20.9 Å². The van der Waals surface area contributed by atoms with Crippen LogP contribution in [0.15, 0.2) is 66.9 Å². The van der Waals surface area contributed by atoms with E-state index in [9.17, 15) is 9.59 Å². The maximum absolute atomic E-state index is 12.3. The van der Waals surface area contributed by atoms with Crippen molar-refractivity contribution in [3.63, 3.8) is 0 Å². The molecular weight excluding hydrogens is 428 g/mol. The lowest BCUT2D eigenvalue weighted by Gasteiger charge is -2.35. The normalized spacial score (nSPS) is 13.4. The van der Waals surface area contributed by atoms with Crippen LogP contribution in [0.2, 0.25) is 0 Å². The van der Waals surface area contributed by atoms with Crippen LogP contribution in [-0.4, -0.2) is 54.9 Å². The fraction of sp³-hybridized carbons (Fsp3) is 0.269. The SMILES string of the molecule is CNC(=O)c1cnc(Nc2ccc(N3CCN(C(C)=O)CC3)cc2)cc1NCc1ccccc1. The fourth-order valence-electron chi connectivity index (χ4n) is 3.96. The van der Waals surface area contributed by atoms with Crippen molar-refractivity contribution < 1.29 is 9.59 Å². The number of carbonyl (C=O) groups excluding carboxylic acids is 2. The van der Waals surface area contributed by atoms with Crippen LogP contribution in [0.3, 0.4) is 0 Å². The molecule has 0 unspecified atom stereocenters. The second kappa shape index (κ2) is 10.7. The third kappa shape index (κ3) is 5.64. The van der Waals surface area contributed by atoms with Crippen molar-refractivity contribution >= 4 is 34.7 Å². The standard InChI is InChI=1S/C26H30N6O2/c1-19(33)31-12-14-32(15-13-31)22-10-8-21(9-11-22)30-25-16-24(23(18-29-25)26(34)27-2)28-17-20-6-4-3-5-7-20/h3-11,16,18H,12-15,17H2,1-2H3,(H,27,34)(H2,28,29,30). The molecule has 1 aromatic heterocycles. The van der Waals surface area contributed by atoms with Gasteiger partial charge in [0.1, 0.15) is 5.82 Å². The average Bonchev–Trinajstić information content (AvgIpc) is 2.88. The first-order chi connectivity index (χ1) is 16.5. The zero-order chi connectivity index (χ0) is 23.9. The summed E-state index contributed by atoms with van der Waals surface area (Å²) in [4.78, 5) is 32.5. The van der Waals surface area contributed by atoms with E-state index < -0.39 is 0 Å². The summed E-state index contributed by atoms with van der Waals surface area (Å²) in [7, 11) is 1.61. The van der Waals surface area contributed by atoms with Crippen molar-refractivity contribution in [1.82, 2.24) is 15.2 Å². The topological polar surface area (TPSA) is 89.6 Å². The second-order valence-corrected chi connectivity index (χ2v) is 8.20. The highest BCUT2D eigenvalue weighted by Crippen LogP contribution is 2.25. The number of pyridine rings is 1. The van der Waals surface area contributed by atoms with Crippen LogP contribution in [0.25, 0.3) is 0 Å². The molecule has 34 heavy (non-hydrogen) atoms. The molecule has 0 saturated carbocycles. The Bertz CT molecular complexity index is 1130. The van der Waals surface area contributed by atoms with Crippen molar-refractivity contribution in [1.29, 1.82) is 0 Å². The van der Waals surface area contributed by atoms with E-state index in [-0.39, 0.29) is 11.8 Å². The van der Waals surface area contributed by atoms with Gasteiger partial charge in [0.05, 0.1) is 11.3 Å². The summed E-state index contributed by atoms with van der Waals surface area (Å²) in [6, 6.07) is 20.0. The lowest BCUT2D eigenvalue weighted by atomic mass is 10.2. The van der Waals surface area contributed by atoms with Crippen LogP contribution in [0.4, 0.5) is 22.9 Å². The predicted octanol–water partition coefficient (Wildman–Crippen LogP) is 3.47. The molecule has 0 spiro atoms. The van der Waals surface area contributed by atoms with Crippen molar-refractivity contribution in [2.75, 3.05) is 48.8 Å². The Labute approximate surface area is 200 Å². The first-order valence-corrected chi connectivity index (χ1v) is 11.4. The molecule has 2 amide bonds. The van der Waals surface area contributed by atoms with Crippen LogP contribution in [0, 0.1) is 0 Å². The molecule has 3 N–H and O–H groups in total. The van der Waals surface area contributed by atoms with Gasteiger partial charge in [-0.05, 0) is 29.8 Å². The Balaban J connectivity index is 1.44. The maximum Gasteiger partial charge on any atom is 0.254 e. The van der Waals surface area contributed by atoms with E-state index in [2.05, 4.69) is 38.0 Å². The molecule has 1 fully saturated rings. The van der Waals surface area contributed by atoms with E-state index in [0.29, 0.717) is 23.6 Å². The predicted molar refractivity (Wildman–Crippen MR) is 136 cm³/mol. The molecule has 1 aliphatic rings. The Morgan fingerprint density at radius 2 is 1.68 bits per heavy atom. The van der Waals surface area contributed by atoms with Gasteiger partial charge in [-0.2, -0.15) is 0 Å². The molecule has 3 aromatic rings. The Morgan fingerprint density at radius 3 is 2.32 bits per heavy atom. The lowest BCUT2D eigenvalue weighted by molar-refractivity contribution is -0.129. The summed E-state index contributed by atoms with van der Waals surface area (Å²) < 4.78 is 0. The largest absolute Gasteiger partial charge is 0.380 e. The van der Waals surface area contributed by atoms with Gasteiger partial charge in [-0.15, -0.1) is 0 Å². The molecule has 4 rings (SSSR count). The van der Waals surface area contributed by atoms with Gasteiger partial charge in [0.25, 0.3) is 5.91 Å². The Kier molecular flexibility index (Phi) is 7.27. The van der Waals surface area contributed by atoms with Crippen LogP contribution in [0.1, 0.15) is 22.8 Å². The molecule has 2 aromatic carbocycles. The number of piperazine rings is 1. The van der Waals surface area contributed by atoms with Crippen molar-refractivity contribution in [3.05, 3.63) is 78.0 Å². The molecular formula is C26H30N6O2.